The largest absolute Gasteiger partial charge is 0.463 e. The van der Waals surface area contributed by atoms with Crippen molar-refractivity contribution in [2.45, 2.75) is 52.2 Å². The van der Waals surface area contributed by atoms with Crippen LogP contribution in [0, 0.1) is 11.8 Å². The summed E-state index contributed by atoms with van der Waals surface area (Å²) in [7, 11) is 0. The number of hydrogen-bond donors (Lipinski definition) is 0. The van der Waals surface area contributed by atoms with E-state index in [0.717, 1.165) is 12.8 Å². The first-order valence-electron chi connectivity index (χ1n) is 8.62. The van der Waals surface area contributed by atoms with Gasteiger partial charge in [-0.2, -0.15) is 0 Å². The Labute approximate surface area is 139 Å². The summed E-state index contributed by atoms with van der Waals surface area (Å²) in [5.74, 6) is 0.857. The van der Waals surface area contributed by atoms with Crippen molar-refractivity contribution in [2.24, 2.45) is 11.8 Å². The summed E-state index contributed by atoms with van der Waals surface area (Å²) >= 11 is 0. The van der Waals surface area contributed by atoms with Crippen LogP contribution in [-0.4, -0.2) is 18.7 Å². The van der Waals surface area contributed by atoms with E-state index >= 15 is 0 Å². The van der Waals surface area contributed by atoms with Gasteiger partial charge in [0.2, 0.25) is 0 Å². The average Bonchev–Trinajstić information content (AvgIpc) is 2.92. The van der Waals surface area contributed by atoms with Gasteiger partial charge in [-0.15, -0.1) is 0 Å². The molecule has 23 heavy (non-hydrogen) atoms. The van der Waals surface area contributed by atoms with Crippen LogP contribution in [0.15, 0.2) is 42.5 Å². The van der Waals surface area contributed by atoms with E-state index in [1.165, 1.54) is 12.0 Å². The molecule has 0 bridgehead atoms. The number of hydrogen-bond acceptors (Lipinski definition) is 3. The minimum atomic E-state index is -0.264. The fraction of sp³-hybridized carbons (Fsp3) is 0.550. The molecule has 0 aliphatic heterocycles. The van der Waals surface area contributed by atoms with E-state index in [-0.39, 0.29) is 12.1 Å². The average molecular weight is 316 g/mol. The van der Waals surface area contributed by atoms with Crippen molar-refractivity contribution < 1.29 is 14.3 Å². The second-order valence-electron chi connectivity index (χ2n) is 6.42. The van der Waals surface area contributed by atoms with Crippen molar-refractivity contribution in [3.63, 3.8) is 0 Å². The zero-order valence-electron chi connectivity index (χ0n) is 14.3. The number of ether oxygens (including phenoxy) is 2. The molecular formula is C20H28O3. The van der Waals surface area contributed by atoms with Gasteiger partial charge in [0.1, 0.15) is 0 Å². The van der Waals surface area contributed by atoms with Crippen molar-refractivity contribution in [1.29, 1.82) is 0 Å². The van der Waals surface area contributed by atoms with E-state index in [1.807, 2.05) is 25.1 Å². The number of carbonyl (C=O) groups excluding carboxylic acids is 1. The van der Waals surface area contributed by atoms with Crippen molar-refractivity contribution in [2.75, 3.05) is 6.61 Å². The topological polar surface area (TPSA) is 35.5 Å². The maximum Gasteiger partial charge on any atom is 0.333 e. The predicted molar refractivity (Wildman–Crippen MR) is 91.9 cm³/mol. The molecule has 0 radical (unpaired) electrons. The summed E-state index contributed by atoms with van der Waals surface area (Å²) in [5.41, 5.74) is 1.79. The molecule has 1 saturated carbocycles. The molecule has 0 spiro atoms. The predicted octanol–water partition coefficient (Wildman–Crippen LogP) is 4.52. The summed E-state index contributed by atoms with van der Waals surface area (Å²) in [6.45, 7) is 9.02. The Balaban J connectivity index is 1.83. The van der Waals surface area contributed by atoms with Gasteiger partial charge in [-0.3, -0.25) is 0 Å². The highest BCUT2D eigenvalue weighted by atomic mass is 16.5. The molecule has 1 aromatic rings. The number of esters is 1. The van der Waals surface area contributed by atoms with E-state index in [0.29, 0.717) is 37.0 Å². The molecule has 2 rings (SSSR count). The molecular weight excluding hydrogens is 288 g/mol. The van der Waals surface area contributed by atoms with Gasteiger partial charge in [-0.1, -0.05) is 43.8 Å². The Hall–Kier alpha value is -1.61. The molecule has 3 atom stereocenters. The molecule has 1 unspecified atom stereocenters. The van der Waals surface area contributed by atoms with Gasteiger partial charge in [0.15, 0.2) is 0 Å². The first kappa shape index (κ1) is 17.7. The molecule has 3 nitrogen and oxygen atoms in total. The molecule has 3 heteroatoms. The van der Waals surface area contributed by atoms with Crippen LogP contribution >= 0.6 is 0 Å². The molecule has 0 saturated heterocycles. The summed E-state index contributed by atoms with van der Waals surface area (Å²) in [6.07, 6.45) is 4.21. The van der Waals surface area contributed by atoms with Crippen LogP contribution in [0.4, 0.5) is 0 Å². The van der Waals surface area contributed by atoms with Crippen LogP contribution in [0.2, 0.25) is 0 Å². The Kier molecular flexibility index (Phi) is 6.85. The van der Waals surface area contributed by atoms with E-state index in [2.05, 4.69) is 25.6 Å². The fourth-order valence-electron chi connectivity index (χ4n) is 3.35. The van der Waals surface area contributed by atoms with Gasteiger partial charge in [-0.05, 0) is 50.0 Å². The van der Waals surface area contributed by atoms with Crippen LogP contribution in [0.3, 0.4) is 0 Å². The molecule has 1 aromatic carbocycles. The molecule has 1 aliphatic rings. The normalized spacial score (nSPS) is 23.7. The Morgan fingerprint density at radius 3 is 2.70 bits per heavy atom. The number of carbonyl (C=O) groups is 1. The van der Waals surface area contributed by atoms with E-state index in [9.17, 15) is 4.79 Å². The molecule has 1 fully saturated rings. The minimum Gasteiger partial charge on any atom is -0.463 e. The smallest absolute Gasteiger partial charge is 0.333 e. The number of benzene rings is 1. The monoisotopic (exact) mass is 316 g/mol. The summed E-state index contributed by atoms with van der Waals surface area (Å²) in [5, 5.41) is 0. The molecule has 0 N–H and O–H groups in total. The SMILES string of the molecule is C=C(CCC1[C@@H](OCc2ccccc2)CC[C@@H]1C)C(=O)OCC. The third-order valence-corrected chi connectivity index (χ3v) is 4.77. The second-order valence-corrected chi connectivity index (χ2v) is 6.42. The van der Waals surface area contributed by atoms with Gasteiger partial charge in [0.05, 0.1) is 19.3 Å². The van der Waals surface area contributed by atoms with Gasteiger partial charge >= 0.3 is 5.97 Å². The molecule has 126 valence electrons. The first-order chi connectivity index (χ1) is 11.1. The van der Waals surface area contributed by atoms with Crippen molar-refractivity contribution in [3.05, 3.63) is 48.0 Å². The van der Waals surface area contributed by atoms with Crippen LogP contribution in [0.25, 0.3) is 0 Å². The lowest BCUT2D eigenvalue weighted by atomic mass is 9.90. The quantitative estimate of drug-likeness (QED) is 0.522. The van der Waals surface area contributed by atoms with Gasteiger partial charge in [0.25, 0.3) is 0 Å². The van der Waals surface area contributed by atoms with Crippen LogP contribution in [-0.2, 0) is 20.9 Å². The maximum atomic E-state index is 11.7. The van der Waals surface area contributed by atoms with E-state index in [1.54, 1.807) is 0 Å². The molecule has 1 aliphatic carbocycles. The lowest BCUT2D eigenvalue weighted by molar-refractivity contribution is -0.138. The Bertz CT molecular complexity index is 509. The van der Waals surface area contributed by atoms with Crippen molar-refractivity contribution >= 4 is 5.97 Å². The highest BCUT2D eigenvalue weighted by molar-refractivity contribution is 5.87. The van der Waals surface area contributed by atoms with Gasteiger partial charge in [-0.25, -0.2) is 4.79 Å². The van der Waals surface area contributed by atoms with Gasteiger partial charge < -0.3 is 9.47 Å². The lowest BCUT2D eigenvalue weighted by Gasteiger charge is -2.23. The molecule has 0 aromatic heterocycles. The summed E-state index contributed by atoms with van der Waals surface area (Å²) in [4.78, 5) is 11.7. The standard InChI is InChI=1S/C20H28O3/c1-4-22-20(21)16(3)10-12-18-15(2)11-13-19(18)23-14-17-8-6-5-7-9-17/h5-9,15,18-19H,3-4,10-14H2,1-2H3/t15-,18?,19-/m0/s1. The fourth-order valence-corrected chi connectivity index (χ4v) is 3.35. The lowest BCUT2D eigenvalue weighted by Crippen LogP contribution is -2.22. The Morgan fingerprint density at radius 1 is 1.26 bits per heavy atom. The third-order valence-electron chi connectivity index (χ3n) is 4.77. The molecule has 0 amide bonds. The van der Waals surface area contributed by atoms with Gasteiger partial charge in [0, 0.05) is 5.57 Å². The molecule has 0 heterocycles. The Morgan fingerprint density at radius 2 is 2.00 bits per heavy atom. The van der Waals surface area contributed by atoms with E-state index < -0.39 is 0 Å². The minimum absolute atomic E-state index is 0.264. The highest BCUT2D eigenvalue weighted by Crippen LogP contribution is 2.38. The summed E-state index contributed by atoms with van der Waals surface area (Å²) < 4.78 is 11.2. The van der Waals surface area contributed by atoms with Crippen LogP contribution in [0.5, 0.6) is 0 Å². The first-order valence-corrected chi connectivity index (χ1v) is 8.62. The summed E-state index contributed by atoms with van der Waals surface area (Å²) in [6, 6.07) is 10.3. The van der Waals surface area contributed by atoms with Crippen molar-refractivity contribution in [3.8, 4) is 0 Å². The zero-order valence-corrected chi connectivity index (χ0v) is 14.3. The van der Waals surface area contributed by atoms with Crippen molar-refractivity contribution in [1.82, 2.24) is 0 Å². The second kappa shape index (κ2) is 8.88. The maximum absolute atomic E-state index is 11.7. The number of rotatable bonds is 8. The van der Waals surface area contributed by atoms with Crippen LogP contribution < -0.4 is 0 Å². The highest BCUT2D eigenvalue weighted by Gasteiger charge is 2.34. The third kappa shape index (κ3) is 5.21. The van der Waals surface area contributed by atoms with Crippen LogP contribution in [0.1, 0.15) is 45.1 Å². The van der Waals surface area contributed by atoms with E-state index in [4.69, 9.17) is 9.47 Å². The zero-order chi connectivity index (χ0) is 16.7.